The first-order valence-electron chi connectivity index (χ1n) is 7.93. The summed E-state index contributed by atoms with van der Waals surface area (Å²) in [6.07, 6.45) is 3.13. The van der Waals surface area contributed by atoms with Gasteiger partial charge in [0.15, 0.2) is 28.3 Å². The first kappa shape index (κ1) is 19.0. The summed E-state index contributed by atoms with van der Waals surface area (Å²) in [5.74, 6) is 2.06. The topological polar surface area (TPSA) is 99.1 Å². The Morgan fingerprint density at radius 3 is 2.44 bits per heavy atom. The lowest BCUT2D eigenvalue weighted by atomic mass is 10.3. The maximum atomic E-state index is 12.1. The lowest BCUT2D eigenvalue weighted by molar-refractivity contribution is 0.378. The number of ether oxygens (including phenoxy) is 2. The van der Waals surface area contributed by atoms with Crippen LogP contribution in [0.2, 0.25) is 5.15 Å². The van der Waals surface area contributed by atoms with Gasteiger partial charge in [0.25, 0.3) is 0 Å². The van der Waals surface area contributed by atoms with Crippen LogP contribution in [-0.2, 0) is 11.0 Å². The maximum absolute atomic E-state index is 12.1. The van der Waals surface area contributed by atoms with Crippen molar-refractivity contribution >= 4 is 28.4 Å². The molecule has 0 saturated heterocycles. The Kier molecular flexibility index (Phi) is 6.15. The van der Waals surface area contributed by atoms with E-state index in [0.717, 1.165) is 0 Å². The molecule has 8 nitrogen and oxygen atoms in total. The zero-order chi connectivity index (χ0) is 19.2. The first-order chi connectivity index (χ1) is 13.1. The highest BCUT2D eigenvalue weighted by molar-refractivity contribution is 7.86. The number of hydrogen-bond acceptors (Lipinski definition) is 7. The summed E-state index contributed by atoms with van der Waals surface area (Å²) in [6, 6.07) is 8.73. The van der Waals surface area contributed by atoms with Gasteiger partial charge in [0.2, 0.25) is 11.6 Å². The molecule has 0 radical (unpaired) electrons. The summed E-state index contributed by atoms with van der Waals surface area (Å²) in [4.78, 5) is 16.8. The van der Waals surface area contributed by atoms with Crippen molar-refractivity contribution in [2.45, 2.75) is 6.92 Å². The van der Waals surface area contributed by atoms with Crippen LogP contribution in [0.3, 0.4) is 0 Å². The van der Waals surface area contributed by atoms with E-state index in [0.29, 0.717) is 17.3 Å². The van der Waals surface area contributed by atoms with Gasteiger partial charge in [-0.05, 0) is 18.2 Å². The number of nitrogens with one attached hydrogen (secondary N) is 1. The standard InChI is InChI=1S/C17H16ClN5O3S/c1-3-27(24)23-15-13(26-12-8-5-4-7-11(12)25-2)14(18)21-17(22-15)16-19-9-6-10-20-16/h4-10H,3H2,1-2H3,(H,21,22,23). The molecule has 2 aromatic heterocycles. The molecule has 1 aromatic carbocycles. The van der Waals surface area contributed by atoms with Crippen LogP contribution >= 0.6 is 11.6 Å². The summed E-state index contributed by atoms with van der Waals surface area (Å²) in [5, 5.41) is 0.0222. The molecule has 0 fully saturated rings. The number of aromatic nitrogens is 4. The highest BCUT2D eigenvalue weighted by Gasteiger charge is 2.20. The summed E-state index contributed by atoms with van der Waals surface area (Å²) < 4.78 is 26.0. The molecule has 0 amide bonds. The summed E-state index contributed by atoms with van der Waals surface area (Å²) in [5.41, 5.74) is 0. The number of methoxy groups -OCH3 is 1. The zero-order valence-electron chi connectivity index (χ0n) is 14.5. The zero-order valence-corrected chi connectivity index (χ0v) is 16.1. The van der Waals surface area contributed by atoms with E-state index in [9.17, 15) is 4.21 Å². The molecule has 1 N–H and O–H groups in total. The number of para-hydroxylation sites is 2. The van der Waals surface area contributed by atoms with E-state index in [1.54, 1.807) is 43.6 Å². The van der Waals surface area contributed by atoms with Crippen LogP contribution in [0, 0.1) is 0 Å². The monoisotopic (exact) mass is 405 g/mol. The lowest BCUT2D eigenvalue weighted by Gasteiger charge is -2.15. The number of nitrogens with zero attached hydrogens (tertiary/aromatic N) is 4. The molecule has 0 saturated carbocycles. The van der Waals surface area contributed by atoms with E-state index >= 15 is 0 Å². The largest absolute Gasteiger partial charge is 0.493 e. The third-order valence-corrected chi connectivity index (χ3v) is 4.55. The molecule has 27 heavy (non-hydrogen) atoms. The van der Waals surface area contributed by atoms with Gasteiger partial charge in [0.05, 0.1) is 7.11 Å². The maximum Gasteiger partial charge on any atom is 0.208 e. The lowest BCUT2D eigenvalue weighted by Crippen LogP contribution is -2.11. The third kappa shape index (κ3) is 4.50. The van der Waals surface area contributed by atoms with Crippen LogP contribution in [-0.4, -0.2) is 37.0 Å². The van der Waals surface area contributed by atoms with Gasteiger partial charge in [-0.2, -0.15) is 0 Å². The molecule has 0 aliphatic rings. The van der Waals surface area contributed by atoms with Crippen molar-refractivity contribution in [2.24, 2.45) is 0 Å². The molecule has 2 heterocycles. The molecule has 1 atom stereocenters. The molecule has 3 aromatic rings. The Balaban J connectivity index is 2.07. The average Bonchev–Trinajstić information content (AvgIpc) is 2.71. The van der Waals surface area contributed by atoms with Crippen LogP contribution in [0.25, 0.3) is 11.6 Å². The fourth-order valence-corrected chi connectivity index (χ4v) is 2.80. The van der Waals surface area contributed by atoms with Gasteiger partial charge in [-0.15, -0.1) is 0 Å². The molecule has 140 valence electrons. The minimum atomic E-state index is -1.38. The van der Waals surface area contributed by atoms with Crippen molar-refractivity contribution in [3.05, 3.63) is 47.9 Å². The fraction of sp³-hybridized carbons (Fsp3) is 0.176. The molecule has 3 rings (SSSR count). The molecule has 0 spiro atoms. The van der Waals surface area contributed by atoms with Crippen molar-refractivity contribution < 1.29 is 13.7 Å². The Hall–Kier alpha value is -2.78. The predicted molar refractivity (Wildman–Crippen MR) is 103 cm³/mol. The van der Waals surface area contributed by atoms with Gasteiger partial charge in [0.1, 0.15) is 11.0 Å². The summed E-state index contributed by atoms with van der Waals surface area (Å²) in [6.45, 7) is 1.77. The summed E-state index contributed by atoms with van der Waals surface area (Å²) >= 11 is 6.35. The Labute approximate surface area is 163 Å². The third-order valence-electron chi connectivity index (χ3n) is 3.34. The minimum Gasteiger partial charge on any atom is -0.493 e. The van der Waals surface area contributed by atoms with Gasteiger partial charge in [-0.3, -0.25) is 4.72 Å². The van der Waals surface area contributed by atoms with E-state index in [-0.39, 0.29) is 28.4 Å². The second-order valence-corrected chi connectivity index (χ2v) is 6.91. The van der Waals surface area contributed by atoms with Gasteiger partial charge in [0, 0.05) is 18.1 Å². The number of halogens is 1. The van der Waals surface area contributed by atoms with Crippen molar-refractivity contribution in [1.29, 1.82) is 0 Å². The second-order valence-electron chi connectivity index (χ2n) is 5.08. The van der Waals surface area contributed by atoms with Crippen LogP contribution in [0.4, 0.5) is 5.82 Å². The minimum absolute atomic E-state index is 0.0222. The summed E-state index contributed by atoms with van der Waals surface area (Å²) in [7, 11) is 0.152. The first-order valence-corrected chi connectivity index (χ1v) is 9.63. The SMILES string of the molecule is CCS(=O)Nc1nc(-c2ncccn2)nc(Cl)c1Oc1ccccc1OC. The Morgan fingerprint density at radius 1 is 1.07 bits per heavy atom. The molecule has 1 unspecified atom stereocenters. The van der Waals surface area contributed by atoms with E-state index < -0.39 is 11.0 Å². The Bertz CT molecular complexity index is 959. The quantitative estimate of drug-likeness (QED) is 0.600. The van der Waals surface area contributed by atoms with E-state index in [4.69, 9.17) is 21.1 Å². The second kappa shape index (κ2) is 8.74. The van der Waals surface area contributed by atoms with Crippen molar-refractivity contribution in [3.63, 3.8) is 0 Å². The molecule has 0 bridgehead atoms. The number of benzene rings is 1. The highest BCUT2D eigenvalue weighted by Crippen LogP contribution is 2.39. The Morgan fingerprint density at radius 2 is 1.78 bits per heavy atom. The molecule has 0 aliphatic heterocycles. The van der Waals surface area contributed by atoms with Gasteiger partial charge in [-0.25, -0.2) is 24.1 Å². The average molecular weight is 406 g/mol. The van der Waals surface area contributed by atoms with Crippen molar-refractivity contribution in [2.75, 3.05) is 17.6 Å². The van der Waals surface area contributed by atoms with Crippen LogP contribution < -0.4 is 14.2 Å². The van der Waals surface area contributed by atoms with Crippen LogP contribution in [0.5, 0.6) is 17.2 Å². The number of rotatable bonds is 7. The molecular formula is C17H16ClN5O3S. The van der Waals surface area contributed by atoms with Gasteiger partial charge >= 0.3 is 0 Å². The van der Waals surface area contributed by atoms with E-state index in [1.807, 2.05) is 6.07 Å². The molecular weight excluding hydrogens is 390 g/mol. The highest BCUT2D eigenvalue weighted by atomic mass is 35.5. The van der Waals surface area contributed by atoms with Crippen molar-refractivity contribution in [3.8, 4) is 28.9 Å². The molecule has 0 aliphatic carbocycles. The van der Waals surface area contributed by atoms with E-state index in [2.05, 4.69) is 24.7 Å². The number of anilines is 1. The van der Waals surface area contributed by atoms with Gasteiger partial charge < -0.3 is 9.47 Å². The van der Waals surface area contributed by atoms with E-state index in [1.165, 1.54) is 7.11 Å². The van der Waals surface area contributed by atoms with Crippen LogP contribution in [0.15, 0.2) is 42.7 Å². The van der Waals surface area contributed by atoms with Crippen molar-refractivity contribution in [1.82, 2.24) is 19.9 Å². The molecule has 10 heteroatoms. The predicted octanol–water partition coefficient (Wildman–Crippen LogP) is 3.48. The fourth-order valence-electron chi connectivity index (χ4n) is 2.09. The normalized spacial score (nSPS) is 11.7. The number of hydrogen-bond donors (Lipinski definition) is 1. The van der Waals surface area contributed by atoms with Crippen LogP contribution in [0.1, 0.15) is 6.92 Å². The smallest absolute Gasteiger partial charge is 0.208 e. The van der Waals surface area contributed by atoms with Gasteiger partial charge in [-0.1, -0.05) is 30.7 Å².